The van der Waals surface area contributed by atoms with E-state index in [2.05, 4.69) is 143 Å². The smallest absolute Gasteiger partial charge is 0.152 e. The molecule has 0 fully saturated rings. The average molecular weight is 499 g/mol. The molecule has 0 aliphatic carbocycles. The van der Waals surface area contributed by atoms with Crippen molar-refractivity contribution in [3.05, 3.63) is 133 Å². The molecule has 6 aromatic carbocycles. The Kier molecular flexibility index (Phi) is 4.05. The van der Waals surface area contributed by atoms with Crippen molar-refractivity contribution in [2.24, 2.45) is 0 Å². The molecule has 182 valence electrons. The minimum Gasteiger partial charge on any atom is -0.453 e. The van der Waals surface area contributed by atoms with Gasteiger partial charge in [-0.2, -0.15) is 0 Å². The maximum atomic E-state index is 6.50. The van der Waals surface area contributed by atoms with Gasteiger partial charge >= 0.3 is 0 Å². The lowest BCUT2D eigenvalue weighted by atomic mass is 10.0. The van der Waals surface area contributed by atoms with Gasteiger partial charge in [-0.05, 0) is 48.0 Å². The van der Waals surface area contributed by atoms with Crippen molar-refractivity contribution in [2.75, 3.05) is 0 Å². The van der Waals surface area contributed by atoms with Gasteiger partial charge in [0.05, 0.1) is 27.8 Å². The third-order valence-electron chi connectivity index (χ3n) is 8.12. The third-order valence-corrected chi connectivity index (χ3v) is 8.12. The van der Waals surface area contributed by atoms with Crippen molar-refractivity contribution < 1.29 is 4.74 Å². The first-order valence-corrected chi connectivity index (χ1v) is 13.3. The van der Waals surface area contributed by atoms with E-state index in [-0.39, 0.29) is 0 Å². The van der Waals surface area contributed by atoms with Crippen LogP contribution in [-0.4, -0.2) is 9.13 Å². The summed E-state index contributed by atoms with van der Waals surface area (Å²) in [6.45, 7) is 0. The maximum absolute atomic E-state index is 6.50. The third kappa shape index (κ3) is 2.76. The summed E-state index contributed by atoms with van der Waals surface area (Å²) in [6.07, 6.45) is 0. The Morgan fingerprint density at radius 1 is 0.410 bits per heavy atom. The number of hydrogen-bond donors (Lipinski definition) is 0. The molecule has 0 saturated heterocycles. The zero-order chi connectivity index (χ0) is 25.5. The standard InChI is InChI=1S/C36H22N2O/c1-4-14-30-26(9-1)27-10-2-5-15-31(27)37(30)24-21-19-23(20-22-24)25-12-7-17-33-35(25)38-32-16-6-3-11-28(32)29-13-8-18-34(39-33)36(29)38/h1-22H. The second kappa shape index (κ2) is 7.62. The van der Waals surface area contributed by atoms with Gasteiger partial charge in [0, 0.05) is 32.8 Å². The average Bonchev–Trinajstić information content (AvgIpc) is 3.52. The normalized spacial score (nSPS) is 12.3. The molecule has 0 saturated carbocycles. The summed E-state index contributed by atoms with van der Waals surface area (Å²) < 4.78 is 11.2. The van der Waals surface area contributed by atoms with E-state index in [4.69, 9.17) is 4.74 Å². The summed E-state index contributed by atoms with van der Waals surface area (Å²) in [5.74, 6) is 1.77. The van der Waals surface area contributed by atoms with Crippen molar-refractivity contribution in [3.63, 3.8) is 0 Å². The van der Waals surface area contributed by atoms with Crippen LogP contribution in [0.15, 0.2) is 133 Å². The van der Waals surface area contributed by atoms with Gasteiger partial charge in [-0.3, -0.25) is 0 Å². The summed E-state index contributed by atoms with van der Waals surface area (Å²) in [5, 5.41) is 5.00. The van der Waals surface area contributed by atoms with Gasteiger partial charge < -0.3 is 13.9 Å². The molecular formula is C36H22N2O. The van der Waals surface area contributed by atoms with Crippen molar-refractivity contribution in [2.45, 2.75) is 0 Å². The molecule has 0 amide bonds. The summed E-state index contributed by atoms with van der Waals surface area (Å²) in [7, 11) is 0. The van der Waals surface area contributed by atoms with E-state index >= 15 is 0 Å². The van der Waals surface area contributed by atoms with E-state index < -0.39 is 0 Å². The monoisotopic (exact) mass is 498 g/mol. The van der Waals surface area contributed by atoms with Crippen LogP contribution in [-0.2, 0) is 0 Å². The van der Waals surface area contributed by atoms with E-state index in [1.807, 2.05) is 0 Å². The molecule has 1 aliphatic heterocycles. The van der Waals surface area contributed by atoms with E-state index in [9.17, 15) is 0 Å². The number of benzene rings is 6. The summed E-state index contributed by atoms with van der Waals surface area (Å²) >= 11 is 0. The van der Waals surface area contributed by atoms with Gasteiger partial charge in [0.2, 0.25) is 0 Å². The largest absolute Gasteiger partial charge is 0.453 e. The molecule has 0 bridgehead atoms. The van der Waals surface area contributed by atoms with Crippen LogP contribution in [0.2, 0.25) is 0 Å². The van der Waals surface area contributed by atoms with Crippen LogP contribution in [0.5, 0.6) is 11.5 Å². The lowest BCUT2D eigenvalue weighted by molar-refractivity contribution is 0.477. The number of ether oxygens (including phenoxy) is 1. The number of nitrogens with zero attached hydrogens (tertiary/aromatic N) is 2. The Hall–Kier alpha value is -5.28. The minimum absolute atomic E-state index is 0.875. The van der Waals surface area contributed by atoms with E-state index in [1.165, 1.54) is 38.1 Å². The molecule has 39 heavy (non-hydrogen) atoms. The Morgan fingerprint density at radius 2 is 0.949 bits per heavy atom. The van der Waals surface area contributed by atoms with Crippen LogP contribution in [0.1, 0.15) is 0 Å². The van der Waals surface area contributed by atoms with Crippen LogP contribution >= 0.6 is 0 Å². The van der Waals surface area contributed by atoms with Crippen LogP contribution in [0, 0.1) is 0 Å². The Labute approximate surface area is 224 Å². The number of aromatic nitrogens is 2. The Bertz CT molecular complexity index is 2200. The lowest BCUT2D eigenvalue weighted by Gasteiger charge is -2.23. The second-order valence-electron chi connectivity index (χ2n) is 10.2. The fourth-order valence-electron chi connectivity index (χ4n) is 6.48. The number of rotatable bonds is 2. The van der Waals surface area contributed by atoms with Crippen molar-refractivity contribution in [3.8, 4) is 34.0 Å². The highest BCUT2D eigenvalue weighted by molar-refractivity contribution is 6.13. The van der Waals surface area contributed by atoms with Gasteiger partial charge in [0.25, 0.3) is 0 Å². The van der Waals surface area contributed by atoms with Crippen molar-refractivity contribution >= 4 is 43.6 Å². The highest BCUT2D eigenvalue weighted by Gasteiger charge is 2.26. The first kappa shape index (κ1) is 20.7. The molecule has 9 rings (SSSR count). The zero-order valence-corrected chi connectivity index (χ0v) is 21.0. The van der Waals surface area contributed by atoms with Crippen LogP contribution in [0.3, 0.4) is 0 Å². The fraction of sp³-hybridized carbons (Fsp3) is 0. The van der Waals surface area contributed by atoms with Gasteiger partial charge in [-0.1, -0.05) is 91.0 Å². The van der Waals surface area contributed by atoms with Crippen LogP contribution < -0.4 is 4.74 Å². The first-order valence-electron chi connectivity index (χ1n) is 13.3. The van der Waals surface area contributed by atoms with Crippen molar-refractivity contribution in [1.82, 2.24) is 9.13 Å². The molecule has 0 unspecified atom stereocenters. The topological polar surface area (TPSA) is 19.1 Å². The van der Waals surface area contributed by atoms with Gasteiger partial charge in [0.1, 0.15) is 0 Å². The molecule has 0 spiro atoms. The Balaban J connectivity index is 1.27. The van der Waals surface area contributed by atoms with Gasteiger partial charge in [-0.25, -0.2) is 0 Å². The van der Waals surface area contributed by atoms with Crippen LogP contribution in [0.25, 0.3) is 66.1 Å². The predicted octanol–water partition coefficient (Wildman–Crippen LogP) is 9.65. The van der Waals surface area contributed by atoms with Crippen LogP contribution in [0.4, 0.5) is 0 Å². The second-order valence-corrected chi connectivity index (χ2v) is 10.2. The van der Waals surface area contributed by atoms with E-state index in [0.717, 1.165) is 39.5 Å². The van der Waals surface area contributed by atoms with E-state index in [0.29, 0.717) is 0 Å². The predicted molar refractivity (Wildman–Crippen MR) is 161 cm³/mol. The molecular weight excluding hydrogens is 476 g/mol. The molecule has 3 heterocycles. The SMILES string of the molecule is c1cc2c(c(-c3ccc(-n4c5ccccc5c5ccccc54)cc3)c1)-n1c3ccccc3c3cccc(c31)O2. The molecule has 8 aromatic rings. The lowest BCUT2D eigenvalue weighted by Crippen LogP contribution is -2.06. The molecule has 1 aliphatic rings. The Morgan fingerprint density at radius 3 is 1.64 bits per heavy atom. The highest BCUT2D eigenvalue weighted by atomic mass is 16.5. The molecule has 0 N–H and O–H groups in total. The first-order chi connectivity index (χ1) is 19.4. The molecule has 3 heteroatoms. The van der Waals surface area contributed by atoms with E-state index in [1.54, 1.807) is 0 Å². The number of hydrogen-bond acceptors (Lipinski definition) is 1. The molecule has 2 aromatic heterocycles. The van der Waals surface area contributed by atoms with Gasteiger partial charge in [-0.15, -0.1) is 0 Å². The summed E-state index contributed by atoms with van der Waals surface area (Å²) in [5.41, 5.74) is 9.30. The zero-order valence-electron chi connectivity index (χ0n) is 21.0. The molecule has 3 nitrogen and oxygen atoms in total. The fourth-order valence-corrected chi connectivity index (χ4v) is 6.48. The number of fused-ring (bicyclic) bond motifs is 8. The molecule has 0 radical (unpaired) electrons. The minimum atomic E-state index is 0.875. The summed E-state index contributed by atoms with van der Waals surface area (Å²) in [4.78, 5) is 0. The quantitative estimate of drug-likeness (QED) is 0.232. The van der Waals surface area contributed by atoms with Crippen molar-refractivity contribution in [1.29, 1.82) is 0 Å². The number of para-hydroxylation sites is 5. The maximum Gasteiger partial charge on any atom is 0.152 e. The molecule has 0 atom stereocenters. The van der Waals surface area contributed by atoms with Gasteiger partial charge in [0.15, 0.2) is 11.5 Å². The summed E-state index contributed by atoms with van der Waals surface area (Å²) in [6, 6.07) is 47.5. The highest BCUT2D eigenvalue weighted by Crippen LogP contribution is 2.48.